The Morgan fingerprint density at radius 1 is 1.29 bits per heavy atom. The van der Waals surface area contributed by atoms with Crippen LogP contribution in [0, 0.1) is 6.92 Å². The molecule has 0 saturated carbocycles. The van der Waals surface area contributed by atoms with Gasteiger partial charge in [-0.15, -0.1) is 11.3 Å². The number of anilines is 1. The fourth-order valence-corrected chi connectivity index (χ4v) is 5.27. The first kappa shape index (κ1) is 23.3. The summed E-state index contributed by atoms with van der Waals surface area (Å²) in [5, 5.41) is 4.70. The molecule has 2 heterocycles. The number of amides is 1. The topological polar surface area (TPSA) is 124 Å². The van der Waals surface area contributed by atoms with Gasteiger partial charge in [-0.05, 0) is 24.6 Å². The van der Waals surface area contributed by atoms with E-state index >= 15 is 0 Å². The van der Waals surface area contributed by atoms with E-state index in [1.807, 2.05) is 0 Å². The highest BCUT2D eigenvalue weighted by Crippen LogP contribution is 2.24. The molecular formula is C19H23N3O7S2. The van der Waals surface area contributed by atoms with E-state index in [-0.39, 0.29) is 36.0 Å². The Kier molecular flexibility index (Phi) is 7.73. The number of nitrogens with zero attached hydrogens (tertiary/aromatic N) is 2. The van der Waals surface area contributed by atoms with Gasteiger partial charge in [0.05, 0.1) is 24.7 Å². The number of sulfonamides is 1. The Bertz CT molecular complexity index is 1050. The first-order chi connectivity index (χ1) is 14.8. The monoisotopic (exact) mass is 469 g/mol. The number of aryl methyl sites for hydroxylation is 1. The maximum Gasteiger partial charge on any atom is 0.358 e. The maximum absolute atomic E-state index is 12.9. The van der Waals surface area contributed by atoms with Crippen molar-refractivity contribution in [3.8, 4) is 0 Å². The Balaban J connectivity index is 1.62. The van der Waals surface area contributed by atoms with Crippen molar-refractivity contribution in [2.75, 3.05) is 45.3 Å². The molecule has 0 aliphatic carbocycles. The number of nitrogens with one attached hydrogen (secondary N) is 1. The molecule has 1 amide bonds. The lowest BCUT2D eigenvalue weighted by atomic mass is 10.2. The Morgan fingerprint density at radius 3 is 2.74 bits per heavy atom. The lowest BCUT2D eigenvalue weighted by molar-refractivity contribution is -0.119. The number of methoxy groups -OCH3 is 1. The second-order valence-electron chi connectivity index (χ2n) is 6.68. The van der Waals surface area contributed by atoms with Crippen LogP contribution in [-0.2, 0) is 35.6 Å². The fraction of sp³-hybridized carbons (Fsp3) is 0.421. The van der Waals surface area contributed by atoms with Gasteiger partial charge in [0.25, 0.3) is 5.91 Å². The SMILES string of the molecule is COCc1nc(C(=O)OCC(=O)Nc2ccc(C)c(S(=O)(=O)N3CCOCC3)c2)cs1. The summed E-state index contributed by atoms with van der Waals surface area (Å²) in [7, 11) is -2.20. The van der Waals surface area contributed by atoms with Crippen molar-refractivity contribution < 1.29 is 32.2 Å². The quantitative estimate of drug-likeness (QED) is 0.576. The molecule has 1 N–H and O–H groups in total. The number of esters is 1. The second kappa shape index (κ2) is 10.3. The van der Waals surface area contributed by atoms with Crippen LogP contribution in [0.15, 0.2) is 28.5 Å². The van der Waals surface area contributed by atoms with Gasteiger partial charge in [0.1, 0.15) is 5.01 Å². The lowest BCUT2D eigenvalue weighted by Gasteiger charge is -2.26. The smallest absolute Gasteiger partial charge is 0.358 e. The van der Waals surface area contributed by atoms with Crippen LogP contribution in [0.1, 0.15) is 21.1 Å². The van der Waals surface area contributed by atoms with Gasteiger partial charge < -0.3 is 19.5 Å². The zero-order chi connectivity index (χ0) is 22.4. The number of morpholine rings is 1. The van der Waals surface area contributed by atoms with Crippen molar-refractivity contribution in [1.29, 1.82) is 0 Å². The summed E-state index contributed by atoms with van der Waals surface area (Å²) < 4.78 is 42.4. The third kappa shape index (κ3) is 5.86. The van der Waals surface area contributed by atoms with E-state index in [1.54, 1.807) is 19.1 Å². The van der Waals surface area contributed by atoms with E-state index in [4.69, 9.17) is 14.2 Å². The first-order valence-corrected chi connectivity index (χ1v) is 11.7. The largest absolute Gasteiger partial charge is 0.451 e. The number of hydrogen-bond acceptors (Lipinski definition) is 9. The van der Waals surface area contributed by atoms with Gasteiger partial charge in [-0.25, -0.2) is 18.2 Å². The zero-order valence-electron chi connectivity index (χ0n) is 17.1. The maximum atomic E-state index is 12.9. The average molecular weight is 470 g/mol. The highest BCUT2D eigenvalue weighted by Gasteiger charge is 2.28. The summed E-state index contributed by atoms with van der Waals surface area (Å²) in [4.78, 5) is 28.4. The Morgan fingerprint density at radius 2 is 2.03 bits per heavy atom. The van der Waals surface area contributed by atoms with E-state index in [0.717, 1.165) is 0 Å². The molecule has 168 valence electrons. The van der Waals surface area contributed by atoms with Crippen LogP contribution in [0.4, 0.5) is 5.69 Å². The zero-order valence-corrected chi connectivity index (χ0v) is 18.8. The molecule has 0 unspecified atom stereocenters. The fourth-order valence-electron chi connectivity index (χ4n) is 2.88. The van der Waals surface area contributed by atoms with Gasteiger partial charge in [0.2, 0.25) is 10.0 Å². The third-order valence-corrected chi connectivity index (χ3v) is 7.29. The molecule has 3 rings (SSSR count). The number of benzene rings is 1. The van der Waals surface area contributed by atoms with Crippen molar-refractivity contribution in [2.45, 2.75) is 18.4 Å². The van der Waals surface area contributed by atoms with Crippen molar-refractivity contribution in [1.82, 2.24) is 9.29 Å². The molecule has 1 aliphatic rings. The summed E-state index contributed by atoms with van der Waals surface area (Å²) in [6.45, 7) is 2.66. The third-order valence-electron chi connectivity index (χ3n) is 4.42. The number of hydrogen-bond donors (Lipinski definition) is 1. The molecule has 1 fully saturated rings. The van der Waals surface area contributed by atoms with Crippen LogP contribution in [0.3, 0.4) is 0 Å². The minimum absolute atomic E-state index is 0.0964. The van der Waals surface area contributed by atoms with Crippen molar-refractivity contribution in [2.24, 2.45) is 0 Å². The number of thiazole rings is 1. The molecule has 12 heteroatoms. The summed E-state index contributed by atoms with van der Waals surface area (Å²) in [6, 6.07) is 4.60. The second-order valence-corrected chi connectivity index (χ2v) is 9.53. The predicted molar refractivity (Wildman–Crippen MR) is 112 cm³/mol. The highest BCUT2D eigenvalue weighted by atomic mass is 32.2. The van der Waals surface area contributed by atoms with Crippen LogP contribution >= 0.6 is 11.3 Å². The molecule has 0 radical (unpaired) electrons. The Labute approximate surface area is 184 Å². The molecule has 0 bridgehead atoms. The number of ether oxygens (including phenoxy) is 3. The van der Waals surface area contributed by atoms with Crippen molar-refractivity contribution in [3.05, 3.63) is 39.8 Å². The first-order valence-electron chi connectivity index (χ1n) is 9.40. The number of rotatable bonds is 8. The van der Waals surface area contributed by atoms with Crippen molar-refractivity contribution >= 4 is 38.9 Å². The minimum Gasteiger partial charge on any atom is -0.451 e. The minimum atomic E-state index is -3.72. The van der Waals surface area contributed by atoms with Crippen LogP contribution in [0.25, 0.3) is 0 Å². The molecule has 31 heavy (non-hydrogen) atoms. The molecule has 0 atom stereocenters. The summed E-state index contributed by atoms with van der Waals surface area (Å²) >= 11 is 1.25. The molecular weight excluding hydrogens is 446 g/mol. The molecule has 1 saturated heterocycles. The van der Waals surface area contributed by atoms with Gasteiger partial charge in [-0.1, -0.05) is 6.07 Å². The van der Waals surface area contributed by atoms with E-state index < -0.39 is 28.5 Å². The lowest BCUT2D eigenvalue weighted by Crippen LogP contribution is -2.40. The van der Waals surface area contributed by atoms with Gasteiger partial charge in [0, 0.05) is 31.3 Å². The number of carbonyl (C=O) groups is 2. The van der Waals surface area contributed by atoms with E-state index in [9.17, 15) is 18.0 Å². The van der Waals surface area contributed by atoms with Crippen LogP contribution < -0.4 is 5.32 Å². The summed E-state index contributed by atoms with van der Waals surface area (Å²) in [6.07, 6.45) is 0. The molecule has 10 nitrogen and oxygen atoms in total. The number of aromatic nitrogens is 1. The van der Waals surface area contributed by atoms with E-state index in [1.165, 1.54) is 34.2 Å². The van der Waals surface area contributed by atoms with Crippen LogP contribution in [-0.4, -0.2) is 69.6 Å². The summed E-state index contributed by atoms with van der Waals surface area (Å²) in [5.74, 6) is -1.33. The van der Waals surface area contributed by atoms with Crippen LogP contribution in [0.5, 0.6) is 0 Å². The normalized spacial score (nSPS) is 14.9. The summed E-state index contributed by atoms with van der Waals surface area (Å²) in [5.41, 5.74) is 0.944. The molecule has 2 aromatic rings. The Hall–Kier alpha value is -2.38. The molecule has 1 aromatic carbocycles. The van der Waals surface area contributed by atoms with Gasteiger partial charge >= 0.3 is 5.97 Å². The predicted octanol–water partition coefficient (Wildman–Crippen LogP) is 1.41. The highest BCUT2D eigenvalue weighted by molar-refractivity contribution is 7.89. The van der Waals surface area contributed by atoms with E-state index in [2.05, 4.69) is 10.3 Å². The van der Waals surface area contributed by atoms with Gasteiger partial charge in [-0.3, -0.25) is 4.79 Å². The average Bonchev–Trinajstić information content (AvgIpc) is 3.23. The standard InChI is InChI=1S/C19H23N3O7S2/c1-13-3-4-14(9-16(13)31(25,26)22-5-7-28-8-6-22)20-17(23)10-29-19(24)15-12-30-18(21-15)11-27-2/h3-4,9,12H,5-8,10-11H2,1-2H3,(H,20,23). The molecule has 0 spiro atoms. The molecule has 1 aliphatic heterocycles. The number of carbonyl (C=O) groups excluding carboxylic acids is 2. The van der Waals surface area contributed by atoms with Crippen LogP contribution in [0.2, 0.25) is 0 Å². The van der Waals surface area contributed by atoms with Gasteiger partial charge in [0.15, 0.2) is 12.3 Å². The van der Waals surface area contributed by atoms with Crippen molar-refractivity contribution in [3.63, 3.8) is 0 Å². The molecule has 1 aromatic heterocycles. The van der Waals surface area contributed by atoms with E-state index in [0.29, 0.717) is 23.8 Å². The van der Waals surface area contributed by atoms with Gasteiger partial charge in [-0.2, -0.15) is 4.31 Å².